The van der Waals surface area contributed by atoms with Crippen molar-refractivity contribution in [1.82, 2.24) is 0 Å². The summed E-state index contributed by atoms with van der Waals surface area (Å²) in [5.41, 5.74) is 3.97. The fraction of sp³-hybridized carbons (Fsp3) is 0.368. The lowest BCUT2D eigenvalue weighted by Gasteiger charge is -2.22. The topological polar surface area (TPSA) is 21.3 Å². The molecule has 0 spiro atoms. The third kappa shape index (κ3) is 3.64. The Bertz CT molecular complexity index is 563. The van der Waals surface area contributed by atoms with Crippen LogP contribution >= 0.6 is 0 Å². The molecule has 2 aromatic rings. The van der Waals surface area contributed by atoms with E-state index in [2.05, 4.69) is 59.9 Å². The Labute approximate surface area is 127 Å². The smallest absolute Gasteiger partial charge is 0.0542 e. The van der Waals surface area contributed by atoms with Crippen LogP contribution in [-0.2, 0) is 11.2 Å². The summed E-state index contributed by atoms with van der Waals surface area (Å²) in [5, 5.41) is 3.78. The van der Waals surface area contributed by atoms with Crippen molar-refractivity contribution in [2.75, 3.05) is 19.0 Å². The van der Waals surface area contributed by atoms with Gasteiger partial charge in [-0.15, -0.1) is 0 Å². The monoisotopic (exact) mass is 281 g/mol. The summed E-state index contributed by atoms with van der Waals surface area (Å²) in [5.74, 6) is 0.767. The molecule has 0 heterocycles. The predicted molar refractivity (Wildman–Crippen MR) is 87.6 cm³/mol. The third-order valence-electron chi connectivity index (χ3n) is 4.16. The zero-order chi connectivity index (χ0) is 14.5. The van der Waals surface area contributed by atoms with E-state index in [0.29, 0.717) is 6.04 Å². The summed E-state index contributed by atoms with van der Waals surface area (Å²) in [6, 6.07) is 19.8. The molecule has 0 aromatic heterocycles. The van der Waals surface area contributed by atoms with Crippen LogP contribution in [0.1, 0.15) is 30.0 Å². The highest BCUT2D eigenvalue weighted by molar-refractivity contribution is 5.53. The molecule has 110 valence electrons. The number of hydrogen-bond donors (Lipinski definition) is 1. The van der Waals surface area contributed by atoms with E-state index in [9.17, 15) is 0 Å². The maximum absolute atomic E-state index is 5.22. The van der Waals surface area contributed by atoms with Gasteiger partial charge in [0.25, 0.3) is 0 Å². The van der Waals surface area contributed by atoms with Crippen LogP contribution in [-0.4, -0.2) is 13.7 Å². The molecular weight excluding hydrogens is 258 g/mol. The molecule has 2 aromatic carbocycles. The van der Waals surface area contributed by atoms with Gasteiger partial charge in [-0.3, -0.25) is 0 Å². The van der Waals surface area contributed by atoms with Crippen LogP contribution in [0.3, 0.4) is 0 Å². The van der Waals surface area contributed by atoms with E-state index in [4.69, 9.17) is 4.74 Å². The summed E-state index contributed by atoms with van der Waals surface area (Å²) in [6.07, 6.45) is 3.60. The zero-order valence-electron chi connectivity index (χ0n) is 12.6. The highest BCUT2D eigenvalue weighted by Gasteiger charge is 2.32. The molecule has 2 nitrogen and oxygen atoms in total. The van der Waals surface area contributed by atoms with Crippen molar-refractivity contribution in [2.24, 2.45) is 5.92 Å². The minimum atomic E-state index is 0.426. The molecule has 0 bridgehead atoms. The average Bonchev–Trinajstić information content (AvgIpc) is 3.37. The van der Waals surface area contributed by atoms with E-state index in [-0.39, 0.29) is 0 Å². The SMILES string of the molecule is COCCc1ccccc1NC(c1ccccc1)C1CC1. The number of methoxy groups -OCH3 is 1. The van der Waals surface area contributed by atoms with Gasteiger partial charge in [-0.25, -0.2) is 0 Å². The van der Waals surface area contributed by atoms with Crippen molar-refractivity contribution < 1.29 is 4.74 Å². The lowest BCUT2D eigenvalue weighted by atomic mass is 10.0. The molecule has 1 atom stereocenters. The van der Waals surface area contributed by atoms with Crippen molar-refractivity contribution in [1.29, 1.82) is 0 Å². The van der Waals surface area contributed by atoms with E-state index >= 15 is 0 Å². The molecule has 0 radical (unpaired) electrons. The minimum Gasteiger partial charge on any atom is -0.384 e. The molecular formula is C19H23NO. The number of para-hydroxylation sites is 1. The quantitative estimate of drug-likeness (QED) is 0.810. The summed E-state index contributed by atoms with van der Waals surface area (Å²) in [4.78, 5) is 0. The third-order valence-corrected chi connectivity index (χ3v) is 4.16. The molecule has 21 heavy (non-hydrogen) atoms. The van der Waals surface area contributed by atoms with Crippen molar-refractivity contribution in [3.8, 4) is 0 Å². The van der Waals surface area contributed by atoms with Gasteiger partial charge in [0.05, 0.1) is 12.6 Å². The molecule has 0 saturated heterocycles. The number of ether oxygens (including phenoxy) is 1. The molecule has 0 aliphatic heterocycles. The summed E-state index contributed by atoms with van der Waals surface area (Å²) in [6.45, 7) is 0.762. The van der Waals surface area contributed by atoms with Gasteiger partial charge in [0.1, 0.15) is 0 Å². The van der Waals surface area contributed by atoms with Gasteiger partial charge < -0.3 is 10.1 Å². The van der Waals surface area contributed by atoms with Gasteiger partial charge >= 0.3 is 0 Å². The first kappa shape index (κ1) is 14.2. The summed E-state index contributed by atoms with van der Waals surface area (Å²) >= 11 is 0. The fourth-order valence-electron chi connectivity index (χ4n) is 2.82. The Morgan fingerprint density at radius 2 is 1.76 bits per heavy atom. The van der Waals surface area contributed by atoms with Crippen LogP contribution in [0.5, 0.6) is 0 Å². The first-order chi connectivity index (χ1) is 10.4. The number of benzene rings is 2. The predicted octanol–water partition coefficient (Wildman–Crippen LogP) is 4.44. The Morgan fingerprint density at radius 3 is 2.48 bits per heavy atom. The van der Waals surface area contributed by atoms with E-state index in [1.807, 2.05) is 0 Å². The second kappa shape index (κ2) is 6.77. The van der Waals surface area contributed by atoms with Gasteiger partial charge in [0.2, 0.25) is 0 Å². The number of nitrogens with one attached hydrogen (secondary N) is 1. The van der Waals surface area contributed by atoms with Crippen LogP contribution < -0.4 is 5.32 Å². The number of anilines is 1. The molecule has 1 aliphatic carbocycles. The van der Waals surface area contributed by atoms with Gasteiger partial charge in [-0.2, -0.15) is 0 Å². The number of rotatable bonds is 7. The largest absolute Gasteiger partial charge is 0.384 e. The Balaban J connectivity index is 1.80. The lowest BCUT2D eigenvalue weighted by molar-refractivity contribution is 0.202. The van der Waals surface area contributed by atoms with Crippen LogP contribution in [0.4, 0.5) is 5.69 Å². The standard InChI is InChI=1S/C19H23NO/c1-21-14-13-15-7-5-6-10-18(15)20-19(17-11-12-17)16-8-3-2-4-9-16/h2-10,17,19-20H,11-14H2,1H3. The molecule has 1 aliphatic rings. The molecule has 1 fully saturated rings. The molecule has 3 rings (SSSR count). The van der Waals surface area contributed by atoms with Crippen LogP contribution in [0.2, 0.25) is 0 Å². The van der Waals surface area contributed by atoms with Crippen molar-refractivity contribution >= 4 is 5.69 Å². The van der Waals surface area contributed by atoms with Gasteiger partial charge in [0.15, 0.2) is 0 Å². The fourth-order valence-corrected chi connectivity index (χ4v) is 2.82. The molecule has 0 amide bonds. The maximum atomic E-state index is 5.22. The second-order valence-corrected chi connectivity index (χ2v) is 5.77. The van der Waals surface area contributed by atoms with Crippen molar-refractivity contribution in [3.05, 3.63) is 65.7 Å². The Morgan fingerprint density at radius 1 is 1.05 bits per heavy atom. The zero-order valence-corrected chi connectivity index (χ0v) is 12.6. The summed E-state index contributed by atoms with van der Waals surface area (Å²) < 4.78 is 5.22. The van der Waals surface area contributed by atoms with Crippen LogP contribution in [0.25, 0.3) is 0 Å². The molecule has 1 N–H and O–H groups in total. The van der Waals surface area contributed by atoms with E-state index in [1.165, 1.54) is 29.7 Å². The van der Waals surface area contributed by atoms with Crippen molar-refractivity contribution in [3.63, 3.8) is 0 Å². The van der Waals surface area contributed by atoms with E-state index in [1.54, 1.807) is 7.11 Å². The minimum absolute atomic E-state index is 0.426. The maximum Gasteiger partial charge on any atom is 0.0542 e. The molecule has 2 heteroatoms. The lowest BCUT2D eigenvalue weighted by Crippen LogP contribution is -2.14. The Hall–Kier alpha value is -1.80. The van der Waals surface area contributed by atoms with Crippen LogP contribution in [0, 0.1) is 5.92 Å². The normalized spacial score (nSPS) is 15.7. The molecule has 1 saturated carbocycles. The van der Waals surface area contributed by atoms with Crippen molar-refractivity contribution in [2.45, 2.75) is 25.3 Å². The Kier molecular flexibility index (Phi) is 4.56. The van der Waals surface area contributed by atoms with Gasteiger partial charge in [-0.1, -0.05) is 48.5 Å². The highest BCUT2D eigenvalue weighted by Crippen LogP contribution is 2.43. The van der Waals surface area contributed by atoms with E-state index < -0.39 is 0 Å². The van der Waals surface area contributed by atoms with Gasteiger partial charge in [-0.05, 0) is 42.4 Å². The molecule has 1 unspecified atom stereocenters. The first-order valence-corrected chi connectivity index (χ1v) is 7.77. The highest BCUT2D eigenvalue weighted by atomic mass is 16.5. The first-order valence-electron chi connectivity index (χ1n) is 7.77. The van der Waals surface area contributed by atoms with Crippen LogP contribution in [0.15, 0.2) is 54.6 Å². The number of hydrogen-bond acceptors (Lipinski definition) is 2. The second-order valence-electron chi connectivity index (χ2n) is 5.77. The average molecular weight is 281 g/mol. The van der Waals surface area contributed by atoms with Gasteiger partial charge in [0, 0.05) is 12.8 Å². The summed E-state index contributed by atoms with van der Waals surface area (Å²) in [7, 11) is 1.76. The van der Waals surface area contributed by atoms with E-state index in [0.717, 1.165) is 18.9 Å².